The minimum absolute atomic E-state index is 0.179. The standard InChI is InChI=1S/C10H12F2N2/c11-7-4-8(12)10(14-5-7)9(13)3-6-1-2-6/h4-6,9H,1-3,13H2. The molecule has 0 radical (unpaired) electrons. The maximum Gasteiger partial charge on any atom is 0.149 e. The number of aromatic nitrogens is 1. The molecule has 1 heterocycles. The highest BCUT2D eigenvalue weighted by Gasteiger charge is 2.26. The molecule has 1 saturated carbocycles. The van der Waals surface area contributed by atoms with Gasteiger partial charge in [-0.2, -0.15) is 0 Å². The first-order valence-electron chi connectivity index (χ1n) is 4.73. The first kappa shape index (κ1) is 9.52. The normalized spacial score (nSPS) is 18.2. The number of hydrogen-bond donors (Lipinski definition) is 1. The van der Waals surface area contributed by atoms with Crippen LogP contribution >= 0.6 is 0 Å². The van der Waals surface area contributed by atoms with Crippen LogP contribution in [-0.2, 0) is 0 Å². The SMILES string of the molecule is NC(CC1CC1)c1ncc(F)cc1F. The first-order chi connectivity index (χ1) is 6.66. The summed E-state index contributed by atoms with van der Waals surface area (Å²) in [4.78, 5) is 3.68. The molecule has 1 unspecified atom stereocenters. The van der Waals surface area contributed by atoms with Crippen molar-refractivity contribution in [3.63, 3.8) is 0 Å². The lowest BCUT2D eigenvalue weighted by Gasteiger charge is -2.10. The Kier molecular flexibility index (Phi) is 2.46. The molecule has 2 nitrogen and oxygen atoms in total. The van der Waals surface area contributed by atoms with E-state index >= 15 is 0 Å². The zero-order valence-electron chi connectivity index (χ0n) is 7.71. The molecule has 0 saturated heterocycles. The highest BCUT2D eigenvalue weighted by Crippen LogP contribution is 2.36. The molecule has 1 aliphatic rings. The van der Waals surface area contributed by atoms with Gasteiger partial charge >= 0.3 is 0 Å². The average Bonchev–Trinajstić information content (AvgIpc) is 2.87. The van der Waals surface area contributed by atoms with Gasteiger partial charge in [0.1, 0.15) is 11.6 Å². The van der Waals surface area contributed by atoms with Gasteiger partial charge in [0, 0.05) is 6.07 Å². The molecule has 1 aliphatic carbocycles. The molecule has 0 amide bonds. The van der Waals surface area contributed by atoms with Gasteiger partial charge in [-0.1, -0.05) is 12.8 Å². The third kappa shape index (κ3) is 2.07. The fourth-order valence-corrected chi connectivity index (χ4v) is 1.52. The second-order valence-corrected chi connectivity index (χ2v) is 3.81. The number of pyridine rings is 1. The topological polar surface area (TPSA) is 38.9 Å². The van der Waals surface area contributed by atoms with E-state index in [1.807, 2.05) is 0 Å². The van der Waals surface area contributed by atoms with E-state index in [9.17, 15) is 8.78 Å². The molecule has 4 heteroatoms. The van der Waals surface area contributed by atoms with Crippen molar-refractivity contribution in [1.29, 1.82) is 0 Å². The third-order valence-corrected chi connectivity index (χ3v) is 2.47. The molecule has 0 bridgehead atoms. The van der Waals surface area contributed by atoms with E-state index in [4.69, 9.17) is 5.73 Å². The van der Waals surface area contributed by atoms with Gasteiger partial charge in [-0.25, -0.2) is 8.78 Å². The van der Waals surface area contributed by atoms with Crippen LogP contribution in [0.1, 0.15) is 31.0 Å². The van der Waals surface area contributed by atoms with E-state index in [1.54, 1.807) is 0 Å². The molecule has 1 fully saturated rings. The molecule has 0 spiro atoms. The predicted molar refractivity (Wildman–Crippen MR) is 48.4 cm³/mol. The van der Waals surface area contributed by atoms with E-state index < -0.39 is 17.7 Å². The van der Waals surface area contributed by atoms with Crippen LogP contribution in [-0.4, -0.2) is 4.98 Å². The van der Waals surface area contributed by atoms with E-state index in [2.05, 4.69) is 4.98 Å². The summed E-state index contributed by atoms with van der Waals surface area (Å²) < 4.78 is 25.7. The quantitative estimate of drug-likeness (QED) is 0.808. The summed E-state index contributed by atoms with van der Waals surface area (Å²) in [5.41, 5.74) is 5.94. The highest BCUT2D eigenvalue weighted by atomic mass is 19.1. The van der Waals surface area contributed by atoms with Crippen molar-refractivity contribution in [2.45, 2.75) is 25.3 Å². The maximum atomic E-state index is 13.2. The van der Waals surface area contributed by atoms with Crippen molar-refractivity contribution in [3.05, 3.63) is 29.6 Å². The average molecular weight is 198 g/mol. The molecular weight excluding hydrogens is 186 g/mol. The molecule has 1 atom stereocenters. The fraction of sp³-hybridized carbons (Fsp3) is 0.500. The number of halogens is 2. The second kappa shape index (κ2) is 3.61. The number of rotatable bonds is 3. The summed E-state index contributed by atoms with van der Waals surface area (Å²) in [5.74, 6) is -0.695. The molecule has 0 aliphatic heterocycles. The van der Waals surface area contributed by atoms with Crippen molar-refractivity contribution in [3.8, 4) is 0 Å². The van der Waals surface area contributed by atoms with Crippen LogP contribution in [0, 0.1) is 17.6 Å². The number of nitrogens with zero attached hydrogens (tertiary/aromatic N) is 1. The summed E-state index contributed by atoms with van der Waals surface area (Å²) in [6.45, 7) is 0. The van der Waals surface area contributed by atoms with Gasteiger partial charge in [0.15, 0.2) is 0 Å². The van der Waals surface area contributed by atoms with Gasteiger partial charge in [-0.05, 0) is 12.3 Å². The van der Waals surface area contributed by atoms with Crippen molar-refractivity contribution >= 4 is 0 Å². The monoisotopic (exact) mass is 198 g/mol. The Hall–Kier alpha value is -1.03. The van der Waals surface area contributed by atoms with Crippen molar-refractivity contribution in [1.82, 2.24) is 4.98 Å². The second-order valence-electron chi connectivity index (χ2n) is 3.81. The molecule has 1 aromatic rings. The van der Waals surface area contributed by atoms with E-state index in [0.717, 1.165) is 31.5 Å². The van der Waals surface area contributed by atoms with E-state index in [-0.39, 0.29) is 5.69 Å². The van der Waals surface area contributed by atoms with Gasteiger partial charge < -0.3 is 5.73 Å². The van der Waals surface area contributed by atoms with Crippen molar-refractivity contribution < 1.29 is 8.78 Å². The van der Waals surface area contributed by atoms with Gasteiger partial charge in [-0.3, -0.25) is 4.98 Å². The summed E-state index contributed by atoms with van der Waals surface area (Å²) >= 11 is 0. The van der Waals surface area contributed by atoms with Gasteiger partial charge in [0.05, 0.1) is 17.9 Å². The Labute approximate surface area is 81.1 Å². The largest absolute Gasteiger partial charge is 0.323 e. The van der Waals surface area contributed by atoms with Crippen molar-refractivity contribution in [2.75, 3.05) is 0 Å². The summed E-state index contributed by atoms with van der Waals surface area (Å²) in [6, 6.07) is 0.429. The van der Waals surface area contributed by atoms with Crippen LogP contribution in [0.2, 0.25) is 0 Å². The summed E-state index contributed by atoms with van der Waals surface area (Å²) in [6.07, 6.45) is 4.08. The zero-order chi connectivity index (χ0) is 10.1. The smallest absolute Gasteiger partial charge is 0.149 e. The van der Waals surface area contributed by atoms with Gasteiger partial charge in [-0.15, -0.1) is 0 Å². The van der Waals surface area contributed by atoms with Crippen LogP contribution in [0.4, 0.5) is 8.78 Å². The Bertz CT molecular complexity index is 337. The van der Waals surface area contributed by atoms with Gasteiger partial charge in [0.2, 0.25) is 0 Å². The molecule has 2 N–H and O–H groups in total. The fourth-order valence-electron chi connectivity index (χ4n) is 1.52. The minimum atomic E-state index is -0.662. The molecule has 0 aromatic carbocycles. The third-order valence-electron chi connectivity index (χ3n) is 2.47. The Balaban J connectivity index is 2.13. The minimum Gasteiger partial charge on any atom is -0.323 e. The summed E-state index contributed by atoms with van der Waals surface area (Å²) in [5, 5.41) is 0. The molecule has 1 aromatic heterocycles. The molecular formula is C10H12F2N2. The maximum absolute atomic E-state index is 13.2. The van der Waals surface area contributed by atoms with Crippen LogP contribution < -0.4 is 5.73 Å². The summed E-state index contributed by atoms with van der Waals surface area (Å²) in [7, 11) is 0. The highest BCUT2D eigenvalue weighted by molar-refractivity contribution is 5.12. The van der Waals surface area contributed by atoms with Crippen LogP contribution in [0.3, 0.4) is 0 Å². The number of hydrogen-bond acceptors (Lipinski definition) is 2. The molecule has 14 heavy (non-hydrogen) atoms. The van der Waals surface area contributed by atoms with Crippen LogP contribution in [0.15, 0.2) is 12.3 Å². The Morgan fingerprint density at radius 1 is 1.50 bits per heavy atom. The Morgan fingerprint density at radius 3 is 2.79 bits per heavy atom. The van der Waals surface area contributed by atoms with Crippen molar-refractivity contribution in [2.24, 2.45) is 11.7 Å². The lowest BCUT2D eigenvalue weighted by molar-refractivity contribution is 0.510. The lowest BCUT2D eigenvalue weighted by atomic mass is 10.1. The zero-order valence-corrected chi connectivity index (χ0v) is 7.71. The predicted octanol–water partition coefficient (Wildman–Crippen LogP) is 2.16. The first-order valence-corrected chi connectivity index (χ1v) is 4.73. The molecule has 2 rings (SSSR count). The van der Waals surface area contributed by atoms with E-state index in [0.29, 0.717) is 5.92 Å². The van der Waals surface area contributed by atoms with Gasteiger partial charge in [0.25, 0.3) is 0 Å². The molecule has 76 valence electrons. The van der Waals surface area contributed by atoms with Crippen LogP contribution in [0.25, 0.3) is 0 Å². The van der Waals surface area contributed by atoms with Crippen LogP contribution in [0.5, 0.6) is 0 Å². The number of nitrogens with two attached hydrogens (primary N) is 1. The Morgan fingerprint density at radius 2 is 2.21 bits per heavy atom. The van der Waals surface area contributed by atoms with E-state index in [1.165, 1.54) is 0 Å². The lowest BCUT2D eigenvalue weighted by Crippen LogP contribution is -2.15.